The minimum Gasteiger partial charge on any atom is -0.496 e. The maximum atomic E-state index is 11.3. The topological polar surface area (TPSA) is 69.4 Å². The van der Waals surface area contributed by atoms with Crippen molar-refractivity contribution in [3.63, 3.8) is 0 Å². The molecule has 0 saturated carbocycles. The summed E-state index contributed by atoms with van der Waals surface area (Å²) in [6.07, 6.45) is 1.18. The zero-order valence-corrected chi connectivity index (χ0v) is 11.5. The largest absolute Gasteiger partial charge is 0.496 e. The van der Waals surface area contributed by atoms with E-state index in [2.05, 4.69) is 0 Å². The molecule has 1 atom stereocenters. The van der Waals surface area contributed by atoms with Gasteiger partial charge in [-0.25, -0.2) is 8.42 Å². The van der Waals surface area contributed by atoms with Gasteiger partial charge in [0.1, 0.15) is 15.6 Å². The van der Waals surface area contributed by atoms with Crippen molar-refractivity contribution in [2.75, 3.05) is 19.1 Å². The van der Waals surface area contributed by atoms with E-state index in [1.807, 2.05) is 26.0 Å². The van der Waals surface area contributed by atoms with Crippen LogP contribution in [0.25, 0.3) is 0 Å². The summed E-state index contributed by atoms with van der Waals surface area (Å²) < 4.78 is 27.8. The van der Waals surface area contributed by atoms with Gasteiger partial charge < -0.3 is 10.5 Å². The Morgan fingerprint density at radius 1 is 1.35 bits per heavy atom. The van der Waals surface area contributed by atoms with Crippen LogP contribution < -0.4 is 10.5 Å². The minimum atomic E-state index is -3.10. The highest BCUT2D eigenvalue weighted by Gasteiger charge is 2.19. The fourth-order valence-electron chi connectivity index (χ4n) is 1.99. The number of benzene rings is 1. The Hall–Kier alpha value is -1.07. The minimum absolute atomic E-state index is 0.0761. The summed E-state index contributed by atoms with van der Waals surface area (Å²) in [5.41, 5.74) is 8.74. The third-order valence-electron chi connectivity index (χ3n) is 2.57. The number of rotatable bonds is 4. The van der Waals surface area contributed by atoms with E-state index < -0.39 is 15.9 Å². The third kappa shape index (κ3) is 3.71. The summed E-state index contributed by atoms with van der Waals surface area (Å²) in [5.74, 6) is 0.575. The first-order valence-corrected chi connectivity index (χ1v) is 7.39. The Kier molecular flexibility index (Phi) is 4.16. The molecular formula is C12H19NO3S. The van der Waals surface area contributed by atoms with E-state index in [-0.39, 0.29) is 5.75 Å². The fraction of sp³-hybridized carbons (Fsp3) is 0.500. The van der Waals surface area contributed by atoms with Crippen LogP contribution in [0, 0.1) is 13.8 Å². The van der Waals surface area contributed by atoms with Crippen LogP contribution in [0.1, 0.15) is 22.7 Å². The van der Waals surface area contributed by atoms with Crippen molar-refractivity contribution in [1.29, 1.82) is 0 Å². The van der Waals surface area contributed by atoms with Gasteiger partial charge in [-0.05, 0) is 31.0 Å². The van der Waals surface area contributed by atoms with Gasteiger partial charge in [0.25, 0.3) is 0 Å². The lowest BCUT2D eigenvalue weighted by molar-refractivity contribution is 0.406. The van der Waals surface area contributed by atoms with Gasteiger partial charge >= 0.3 is 0 Å². The molecule has 0 aliphatic carbocycles. The Morgan fingerprint density at radius 3 is 2.41 bits per heavy atom. The van der Waals surface area contributed by atoms with Crippen molar-refractivity contribution in [2.45, 2.75) is 19.9 Å². The molecule has 1 rings (SSSR count). The summed E-state index contributed by atoms with van der Waals surface area (Å²) in [6.45, 7) is 3.87. The van der Waals surface area contributed by atoms with Crippen LogP contribution in [-0.4, -0.2) is 27.5 Å². The van der Waals surface area contributed by atoms with E-state index >= 15 is 0 Å². The predicted octanol–water partition coefficient (Wildman–Crippen LogP) is 1.36. The predicted molar refractivity (Wildman–Crippen MR) is 69.1 cm³/mol. The molecule has 0 aromatic heterocycles. The standard InChI is InChI=1S/C12H19NO3S/c1-8-5-9(2)12(11(6-8)16-3)10(13)7-17(4,14)15/h5-6,10H,7,13H2,1-4H3. The molecular weight excluding hydrogens is 238 g/mol. The molecule has 0 bridgehead atoms. The van der Waals surface area contributed by atoms with Gasteiger partial charge in [-0.2, -0.15) is 0 Å². The molecule has 5 heteroatoms. The molecule has 96 valence electrons. The molecule has 0 saturated heterocycles. The smallest absolute Gasteiger partial charge is 0.149 e. The quantitative estimate of drug-likeness (QED) is 0.884. The molecule has 1 aromatic carbocycles. The van der Waals surface area contributed by atoms with Crippen molar-refractivity contribution in [3.8, 4) is 5.75 Å². The van der Waals surface area contributed by atoms with Gasteiger partial charge in [0.15, 0.2) is 0 Å². The summed E-state index contributed by atoms with van der Waals surface area (Å²) in [5, 5.41) is 0. The third-order valence-corrected chi connectivity index (χ3v) is 3.53. The molecule has 17 heavy (non-hydrogen) atoms. The average Bonchev–Trinajstić information content (AvgIpc) is 2.12. The van der Waals surface area contributed by atoms with Crippen molar-refractivity contribution in [3.05, 3.63) is 28.8 Å². The van der Waals surface area contributed by atoms with Crippen LogP contribution in [-0.2, 0) is 9.84 Å². The highest BCUT2D eigenvalue weighted by molar-refractivity contribution is 7.90. The average molecular weight is 257 g/mol. The van der Waals surface area contributed by atoms with Gasteiger partial charge in [0.05, 0.1) is 12.9 Å². The van der Waals surface area contributed by atoms with Gasteiger partial charge in [0.2, 0.25) is 0 Å². The summed E-state index contributed by atoms with van der Waals surface area (Å²) in [6, 6.07) is 3.28. The first-order chi connectivity index (χ1) is 7.74. The van der Waals surface area contributed by atoms with Crippen LogP contribution >= 0.6 is 0 Å². The lowest BCUT2D eigenvalue weighted by Gasteiger charge is -2.18. The molecule has 0 aliphatic rings. The van der Waals surface area contributed by atoms with Gasteiger partial charge in [0, 0.05) is 17.9 Å². The SMILES string of the molecule is COc1cc(C)cc(C)c1C(N)CS(C)(=O)=O. The highest BCUT2D eigenvalue weighted by Crippen LogP contribution is 2.29. The number of hydrogen-bond donors (Lipinski definition) is 1. The van der Waals surface area contributed by atoms with Crippen LogP contribution in [0.5, 0.6) is 5.75 Å². The van der Waals surface area contributed by atoms with E-state index in [4.69, 9.17) is 10.5 Å². The zero-order valence-electron chi connectivity index (χ0n) is 10.6. The molecule has 0 heterocycles. The van der Waals surface area contributed by atoms with Crippen molar-refractivity contribution in [2.24, 2.45) is 5.73 Å². The van der Waals surface area contributed by atoms with Crippen LogP contribution in [0.15, 0.2) is 12.1 Å². The number of nitrogens with two attached hydrogens (primary N) is 1. The molecule has 0 amide bonds. The monoisotopic (exact) mass is 257 g/mol. The molecule has 1 aromatic rings. The van der Waals surface area contributed by atoms with Gasteiger partial charge in [-0.1, -0.05) is 6.07 Å². The summed E-state index contributed by atoms with van der Waals surface area (Å²) in [7, 11) is -1.54. The highest BCUT2D eigenvalue weighted by atomic mass is 32.2. The van der Waals surface area contributed by atoms with E-state index in [1.165, 1.54) is 6.26 Å². The Bertz CT molecular complexity index is 509. The fourth-order valence-corrected chi connectivity index (χ4v) is 2.81. The molecule has 2 N–H and O–H groups in total. The first kappa shape index (κ1) is 14.0. The number of hydrogen-bond acceptors (Lipinski definition) is 4. The molecule has 0 fully saturated rings. The number of methoxy groups -OCH3 is 1. The Labute approximate surface area is 103 Å². The Morgan fingerprint density at radius 2 is 1.94 bits per heavy atom. The maximum Gasteiger partial charge on any atom is 0.149 e. The molecule has 4 nitrogen and oxygen atoms in total. The first-order valence-electron chi connectivity index (χ1n) is 5.33. The van der Waals surface area contributed by atoms with Crippen molar-refractivity contribution >= 4 is 9.84 Å². The molecule has 0 spiro atoms. The number of aryl methyl sites for hydroxylation is 2. The lowest BCUT2D eigenvalue weighted by atomic mass is 9.99. The molecule has 1 unspecified atom stereocenters. The van der Waals surface area contributed by atoms with Gasteiger partial charge in [-0.15, -0.1) is 0 Å². The van der Waals surface area contributed by atoms with E-state index in [9.17, 15) is 8.42 Å². The van der Waals surface area contributed by atoms with E-state index in [1.54, 1.807) is 7.11 Å². The van der Waals surface area contributed by atoms with Crippen LogP contribution in [0.4, 0.5) is 0 Å². The number of sulfone groups is 1. The van der Waals surface area contributed by atoms with E-state index in [0.29, 0.717) is 5.75 Å². The van der Waals surface area contributed by atoms with Crippen LogP contribution in [0.3, 0.4) is 0 Å². The second kappa shape index (κ2) is 5.06. The lowest BCUT2D eigenvalue weighted by Crippen LogP contribution is -2.22. The molecule has 0 radical (unpaired) electrons. The van der Waals surface area contributed by atoms with E-state index in [0.717, 1.165) is 16.7 Å². The maximum absolute atomic E-state index is 11.3. The van der Waals surface area contributed by atoms with Crippen molar-refractivity contribution < 1.29 is 13.2 Å². The normalized spacial score (nSPS) is 13.5. The Balaban J connectivity index is 3.21. The summed E-state index contributed by atoms with van der Waals surface area (Å²) in [4.78, 5) is 0. The second-order valence-electron chi connectivity index (χ2n) is 4.40. The van der Waals surface area contributed by atoms with Gasteiger partial charge in [-0.3, -0.25) is 0 Å². The summed E-state index contributed by atoms with van der Waals surface area (Å²) >= 11 is 0. The molecule has 0 aliphatic heterocycles. The zero-order chi connectivity index (χ0) is 13.2. The number of ether oxygens (including phenoxy) is 1. The van der Waals surface area contributed by atoms with Crippen molar-refractivity contribution in [1.82, 2.24) is 0 Å². The second-order valence-corrected chi connectivity index (χ2v) is 6.58. The van der Waals surface area contributed by atoms with Crippen LogP contribution in [0.2, 0.25) is 0 Å².